The summed E-state index contributed by atoms with van der Waals surface area (Å²) in [6, 6.07) is 12.9. The molecule has 1 heterocycles. The van der Waals surface area contributed by atoms with Gasteiger partial charge < -0.3 is 15.8 Å². The monoisotopic (exact) mass is 337 g/mol. The summed E-state index contributed by atoms with van der Waals surface area (Å²) in [5.41, 5.74) is 9.71. The normalized spacial score (nSPS) is 10.5. The second-order valence-electron chi connectivity index (χ2n) is 5.76. The summed E-state index contributed by atoms with van der Waals surface area (Å²) in [6.45, 7) is 3.97. The molecule has 3 rings (SSSR count). The zero-order valence-corrected chi connectivity index (χ0v) is 14.3. The molecule has 0 bridgehead atoms. The molecule has 7 nitrogen and oxygen atoms in total. The maximum Gasteiger partial charge on any atom is 0.280 e. The summed E-state index contributed by atoms with van der Waals surface area (Å²) in [4.78, 5) is 12.4. The molecule has 0 unspecified atom stereocenters. The van der Waals surface area contributed by atoms with Crippen LogP contribution in [0.25, 0.3) is 5.69 Å². The van der Waals surface area contributed by atoms with Gasteiger partial charge in [0.1, 0.15) is 5.75 Å². The third-order valence-electron chi connectivity index (χ3n) is 3.72. The predicted molar refractivity (Wildman–Crippen MR) is 96.2 cm³/mol. The Morgan fingerprint density at radius 1 is 1.12 bits per heavy atom. The van der Waals surface area contributed by atoms with E-state index in [0.29, 0.717) is 11.4 Å². The number of nitrogens with one attached hydrogen (secondary N) is 1. The molecule has 0 aliphatic heterocycles. The lowest BCUT2D eigenvalue weighted by Gasteiger charge is -2.07. The molecule has 7 heteroatoms. The Morgan fingerprint density at radius 2 is 1.76 bits per heavy atom. The third-order valence-corrected chi connectivity index (χ3v) is 3.72. The Morgan fingerprint density at radius 3 is 2.36 bits per heavy atom. The van der Waals surface area contributed by atoms with Crippen LogP contribution in [0.2, 0.25) is 0 Å². The van der Waals surface area contributed by atoms with Crippen LogP contribution in [0.3, 0.4) is 0 Å². The van der Waals surface area contributed by atoms with Gasteiger partial charge in [-0.3, -0.25) is 4.79 Å². The van der Waals surface area contributed by atoms with E-state index >= 15 is 0 Å². The average molecular weight is 337 g/mol. The van der Waals surface area contributed by atoms with Gasteiger partial charge in [-0.2, -0.15) is 4.68 Å². The number of nitrogens with two attached hydrogens (primary N) is 1. The quantitative estimate of drug-likeness (QED) is 0.763. The topological polar surface area (TPSA) is 95.1 Å². The highest BCUT2D eigenvalue weighted by Gasteiger charge is 2.18. The van der Waals surface area contributed by atoms with Crippen molar-refractivity contribution in [1.82, 2.24) is 15.0 Å². The number of methoxy groups -OCH3 is 1. The highest BCUT2D eigenvalue weighted by molar-refractivity contribution is 6.05. The Labute approximate surface area is 145 Å². The fraction of sp³-hybridized carbons (Fsp3) is 0.167. The van der Waals surface area contributed by atoms with E-state index in [1.807, 2.05) is 32.0 Å². The van der Waals surface area contributed by atoms with Gasteiger partial charge in [0.2, 0.25) is 0 Å². The number of benzene rings is 2. The maximum absolute atomic E-state index is 12.4. The minimum Gasteiger partial charge on any atom is -0.497 e. The van der Waals surface area contributed by atoms with Gasteiger partial charge in [-0.05, 0) is 61.4 Å². The number of amides is 1. The molecule has 0 spiro atoms. The number of hydrogen-bond donors (Lipinski definition) is 2. The van der Waals surface area contributed by atoms with Crippen molar-refractivity contribution in [3.05, 3.63) is 59.3 Å². The minimum absolute atomic E-state index is 0.0787. The van der Waals surface area contributed by atoms with Crippen LogP contribution in [0.15, 0.2) is 42.5 Å². The Bertz CT molecular complexity index is 895. The molecule has 25 heavy (non-hydrogen) atoms. The zero-order chi connectivity index (χ0) is 18.0. The number of anilines is 2. The highest BCUT2D eigenvalue weighted by Crippen LogP contribution is 2.20. The van der Waals surface area contributed by atoms with E-state index in [2.05, 4.69) is 15.6 Å². The molecular formula is C18H19N5O2. The van der Waals surface area contributed by atoms with Crippen molar-refractivity contribution in [1.29, 1.82) is 0 Å². The predicted octanol–water partition coefficient (Wildman–Crippen LogP) is 2.73. The lowest BCUT2D eigenvalue weighted by molar-refractivity contribution is 0.102. The first-order chi connectivity index (χ1) is 12.0. The van der Waals surface area contributed by atoms with Crippen LogP contribution in [0.1, 0.15) is 21.6 Å². The van der Waals surface area contributed by atoms with Gasteiger partial charge in [0, 0.05) is 5.69 Å². The van der Waals surface area contributed by atoms with Gasteiger partial charge in [-0.15, -0.1) is 5.10 Å². The Balaban J connectivity index is 1.85. The van der Waals surface area contributed by atoms with Crippen LogP contribution < -0.4 is 15.8 Å². The number of rotatable bonds is 4. The molecule has 1 aromatic heterocycles. The van der Waals surface area contributed by atoms with Gasteiger partial charge in [0.15, 0.2) is 11.5 Å². The fourth-order valence-electron chi connectivity index (χ4n) is 2.58. The van der Waals surface area contributed by atoms with Gasteiger partial charge in [0.25, 0.3) is 5.91 Å². The van der Waals surface area contributed by atoms with E-state index in [-0.39, 0.29) is 11.5 Å². The molecule has 0 fully saturated rings. The maximum atomic E-state index is 12.4. The molecule has 3 aromatic rings. The number of aromatic nitrogens is 3. The smallest absolute Gasteiger partial charge is 0.280 e. The minimum atomic E-state index is -0.418. The molecule has 0 saturated heterocycles. The van der Waals surface area contributed by atoms with E-state index in [1.54, 1.807) is 31.4 Å². The number of aryl methyl sites for hydroxylation is 2. The molecule has 3 N–H and O–H groups in total. The van der Waals surface area contributed by atoms with Crippen LogP contribution in [0.4, 0.5) is 11.5 Å². The van der Waals surface area contributed by atoms with E-state index in [1.165, 1.54) is 4.68 Å². The van der Waals surface area contributed by atoms with Crippen LogP contribution in [0, 0.1) is 13.8 Å². The van der Waals surface area contributed by atoms with Crippen molar-refractivity contribution < 1.29 is 9.53 Å². The van der Waals surface area contributed by atoms with E-state index in [0.717, 1.165) is 16.8 Å². The van der Waals surface area contributed by atoms with Crippen molar-refractivity contribution >= 4 is 17.4 Å². The molecule has 0 aliphatic carbocycles. The van der Waals surface area contributed by atoms with E-state index in [4.69, 9.17) is 10.5 Å². The summed E-state index contributed by atoms with van der Waals surface area (Å²) < 4.78 is 6.55. The molecular weight excluding hydrogens is 318 g/mol. The van der Waals surface area contributed by atoms with E-state index in [9.17, 15) is 4.79 Å². The highest BCUT2D eigenvalue weighted by atomic mass is 16.5. The SMILES string of the molecule is COc1ccc(NC(=O)c2nnn(-c3cc(C)cc(C)c3)c2N)cc1. The standard InChI is InChI=1S/C18H19N5O2/c1-11-8-12(2)10-14(9-11)23-17(19)16(21-22-23)18(24)20-13-4-6-15(25-3)7-5-13/h4-10H,19H2,1-3H3,(H,20,24). The molecule has 1 amide bonds. The number of carbonyl (C=O) groups is 1. The van der Waals surface area contributed by atoms with Crippen molar-refractivity contribution in [3.8, 4) is 11.4 Å². The van der Waals surface area contributed by atoms with Crippen molar-refractivity contribution in [3.63, 3.8) is 0 Å². The van der Waals surface area contributed by atoms with Crippen molar-refractivity contribution in [2.45, 2.75) is 13.8 Å². The van der Waals surface area contributed by atoms with Gasteiger partial charge in [-0.1, -0.05) is 11.3 Å². The third kappa shape index (κ3) is 3.45. The van der Waals surface area contributed by atoms with Crippen molar-refractivity contribution in [2.24, 2.45) is 0 Å². The van der Waals surface area contributed by atoms with E-state index < -0.39 is 5.91 Å². The number of ether oxygens (including phenoxy) is 1. The first kappa shape index (κ1) is 16.5. The van der Waals surface area contributed by atoms with Crippen molar-refractivity contribution in [2.75, 3.05) is 18.2 Å². The number of carbonyl (C=O) groups excluding carboxylic acids is 1. The molecule has 0 radical (unpaired) electrons. The fourth-order valence-corrected chi connectivity index (χ4v) is 2.58. The Kier molecular flexibility index (Phi) is 4.38. The van der Waals surface area contributed by atoms with Crippen LogP contribution in [0.5, 0.6) is 5.75 Å². The second kappa shape index (κ2) is 6.64. The summed E-state index contributed by atoms with van der Waals surface area (Å²) in [5, 5.41) is 10.7. The average Bonchev–Trinajstić information content (AvgIpc) is 2.96. The lowest BCUT2D eigenvalue weighted by Crippen LogP contribution is -2.15. The Hall–Kier alpha value is -3.35. The zero-order valence-electron chi connectivity index (χ0n) is 14.3. The molecule has 128 valence electrons. The summed E-state index contributed by atoms with van der Waals surface area (Å²) >= 11 is 0. The number of nitrogens with zero attached hydrogens (tertiary/aromatic N) is 3. The molecule has 0 saturated carbocycles. The largest absolute Gasteiger partial charge is 0.497 e. The summed E-state index contributed by atoms with van der Waals surface area (Å²) in [6.07, 6.45) is 0. The summed E-state index contributed by atoms with van der Waals surface area (Å²) in [5.74, 6) is 0.479. The lowest BCUT2D eigenvalue weighted by atomic mass is 10.1. The second-order valence-corrected chi connectivity index (χ2v) is 5.76. The molecule has 0 atom stereocenters. The number of nitrogen functional groups attached to an aromatic ring is 1. The van der Waals surface area contributed by atoms with Gasteiger partial charge >= 0.3 is 0 Å². The van der Waals surface area contributed by atoms with Gasteiger partial charge in [0.05, 0.1) is 12.8 Å². The number of hydrogen-bond acceptors (Lipinski definition) is 5. The van der Waals surface area contributed by atoms with Crippen LogP contribution >= 0.6 is 0 Å². The first-order valence-corrected chi connectivity index (χ1v) is 7.73. The summed E-state index contributed by atoms with van der Waals surface area (Å²) in [7, 11) is 1.58. The molecule has 0 aliphatic rings. The van der Waals surface area contributed by atoms with Crippen LogP contribution in [-0.2, 0) is 0 Å². The van der Waals surface area contributed by atoms with Gasteiger partial charge in [-0.25, -0.2) is 0 Å². The molecule has 2 aromatic carbocycles. The van der Waals surface area contributed by atoms with Crippen LogP contribution in [-0.4, -0.2) is 28.0 Å². The first-order valence-electron chi connectivity index (χ1n) is 7.73.